The number of nitrogens with zero attached hydrogens (tertiary/aromatic N) is 5. The fourth-order valence-electron chi connectivity index (χ4n) is 4.05. The summed E-state index contributed by atoms with van der Waals surface area (Å²) in [5.74, 6) is 2.53. The van der Waals surface area contributed by atoms with Crippen molar-refractivity contribution < 1.29 is 9.47 Å². The van der Waals surface area contributed by atoms with Gasteiger partial charge in [0.2, 0.25) is 5.88 Å². The van der Waals surface area contributed by atoms with E-state index in [0.29, 0.717) is 17.4 Å². The summed E-state index contributed by atoms with van der Waals surface area (Å²) in [6.45, 7) is 11.4. The van der Waals surface area contributed by atoms with Crippen LogP contribution in [0.4, 0.5) is 5.69 Å². The Balaban J connectivity index is 1.50. The van der Waals surface area contributed by atoms with Crippen LogP contribution in [0.25, 0.3) is 5.65 Å². The Morgan fingerprint density at radius 2 is 1.77 bits per heavy atom. The highest BCUT2D eigenvalue weighted by atomic mass is 16.5. The van der Waals surface area contributed by atoms with E-state index < -0.39 is 0 Å². The van der Waals surface area contributed by atoms with Gasteiger partial charge in [0.15, 0.2) is 11.4 Å². The first-order valence-corrected chi connectivity index (χ1v) is 11.7. The van der Waals surface area contributed by atoms with Gasteiger partial charge in [0.25, 0.3) is 0 Å². The summed E-state index contributed by atoms with van der Waals surface area (Å²) in [5, 5.41) is 0. The number of aromatic nitrogens is 3. The monoisotopic (exact) mass is 469 g/mol. The zero-order valence-corrected chi connectivity index (χ0v) is 21.1. The van der Waals surface area contributed by atoms with Crippen LogP contribution in [-0.2, 0) is 5.41 Å². The van der Waals surface area contributed by atoms with E-state index in [1.165, 1.54) is 0 Å². The maximum Gasteiger partial charge on any atom is 0.219 e. The Bertz CT molecular complexity index is 1420. The van der Waals surface area contributed by atoms with Gasteiger partial charge in [0.05, 0.1) is 18.6 Å². The highest BCUT2D eigenvalue weighted by Crippen LogP contribution is 2.35. The summed E-state index contributed by atoms with van der Waals surface area (Å²) in [7, 11) is 2.05. The molecular weight excluding hydrogens is 438 g/mol. The van der Waals surface area contributed by atoms with Crippen molar-refractivity contribution >= 4 is 11.3 Å². The van der Waals surface area contributed by atoms with Crippen LogP contribution in [0.1, 0.15) is 37.7 Å². The summed E-state index contributed by atoms with van der Waals surface area (Å²) < 4.78 is 14.6. The van der Waals surface area contributed by atoms with Crippen LogP contribution < -0.4 is 14.4 Å². The Kier molecular flexibility index (Phi) is 5.63. The van der Waals surface area contributed by atoms with E-state index in [1.54, 1.807) is 6.20 Å². The number of benzene rings is 1. The summed E-state index contributed by atoms with van der Waals surface area (Å²) in [5.41, 5.74) is 4.94. The van der Waals surface area contributed by atoms with Crippen molar-refractivity contribution in [2.75, 3.05) is 18.6 Å². The summed E-state index contributed by atoms with van der Waals surface area (Å²) in [6.07, 6.45) is 7.83. The molecule has 4 heterocycles. The standard InChI is InChI=1S/C28H31N5O2/c1-19-20(2)33-17-24(35-26-14-21(10-11-29-26)28(3,4)5)16-25(27(33)30-19)34-23-9-7-8-22(15-23)32-13-12-31(6)18-32/h7-17H,18H2,1-6H3. The molecule has 0 saturated heterocycles. The molecule has 1 aromatic carbocycles. The van der Waals surface area contributed by atoms with Crippen molar-refractivity contribution in [2.24, 2.45) is 0 Å². The van der Waals surface area contributed by atoms with Gasteiger partial charge in [-0.1, -0.05) is 26.8 Å². The van der Waals surface area contributed by atoms with Crippen molar-refractivity contribution in [3.05, 3.63) is 84.2 Å². The number of anilines is 1. The summed E-state index contributed by atoms with van der Waals surface area (Å²) >= 11 is 0. The number of aryl methyl sites for hydroxylation is 2. The fourth-order valence-corrected chi connectivity index (χ4v) is 4.05. The van der Waals surface area contributed by atoms with Crippen molar-refractivity contribution in [1.82, 2.24) is 19.3 Å². The molecule has 3 aromatic heterocycles. The number of ether oxygens (including phenoxy) is 2. The molecule has 0 aliphatic carbocycles. The van der Waals surface area contributed by atoms with E-state index in [1.807, 2.05) is 67.9 Å². The minimum atomic E-state index is 0.00166. The largest absolute Gasteiger partial charge is 0.453 e. The summed E-state index contributed by atoms with van der Waals surface area (Å²) in [6, 6.07) is 13.9. The van der Waals surface area contributed by atoms with Gasteiger partial charge in [-0.05, 0) is 43.0 Å². The van der Waals surface area contributed by atoms with Crippen LogP contribution >= 0.6 is 0 Å². The van der Waals surface area contributed by atoms with E-state index in [4.69, 9.17) is 14.5 Å². The quantitative estimate of drug-likeness (QED) is 0.337. The smallest absolute Gasteiger partial charge is 0.219 e. The Morgan fingerprint density at radius 1 is 0.943 bits per heavy atom. The second-order valence-corrected chi connectivity index (χ2v) is 10.0. The fraction of sp³-hybridized carbons (Fsp3) is 0.286. The molecule has 0 N–H and O–H groups in total. The zero-order chi connectivity index (χ0) is 24.7. The molecule has 5 rings (SSSR count). The molecule has 35 heavy (non-hydrogen) atoms. The molecule has 0 unspecified atom stereocenters. The van der Waals surface area contributed by atoms with E-state index in [-0.39, 0.29) is 5.41 Å². The molecule has 1 aliphatic heterocycles. The molecule has 0 atom stereocenters. The lowest BCUT2D eigenvalue weighted by Crippen LogP contribution is -2.21. The van der Waals surface area contributed by atoms with Crippen LogP contribution in [0.3, 0.4) is 0 Å². The van der Waals surface area contributed by atoms with Gasteiger partial charge in [0.1, 0.15) is 11.5 Å². The van der Waals surface area contributed by atoms with Gasteiger partial charge < -0.3 is 19.3 Å². The first-order chi connectivity index (χ1) is 16.7. The number of rotatable bonds is 5. The van der Waals surface area contributed by atoms with Gasteiger partial charge in [-0.25, -0.2) is 9.97 Å². The highest BCUT2D eigenvalue weighted by molar-refractivity contribution is 5.61. The van der Waals surface area contributed by atoms with E-state index in [0.717, 1.165) is 40.7 Å². The average molecular weight is 470 g/mol. The average Bonchev–Trinajstić information content (AvgIpc) is 3.37. The zero-order valence-electron chi connectivity index (χ0n) is 21.1. The number of hydrogen-bond acceptors (Lipinski definition) is 6. The van der Waals surface area contributed by atoms with Crippen molar-refractivity contribution in [3.8, 4) is 23.1 Å². The van der Waals surface area contributed by atoms with Crippen LogP contribution in [0.2, 0.25) is 0 Å². The predicted octanol–water partition coefficient (Wildman–Crippen LogP) is 6.41. The molecule has 0 radical (unpaired) electrons. The first-order valence-electron chi connectivity index (χ1n) is 11.7. The van der Waals surface area contributed by atoms with E-state index in [2.05, 4.69) is 54.0 Å². The number of fused-ring (bicyclic) bond motifs is 1. The predicted molar refractivity (Wildman–Crippen MR) is 138 cm³/mol. The van der Waals surface area contributed by atoms with Crippen molar-refractivity contribution in [2.45, 2.75) is 40.0 Å². The third-order valence-electron chi connectivity index (χ3n) is 6.21. The topological polar surface area (TPSA) is 55.1 Å². The number of imidazole rings is 1. The van der Waals surface area contributed by atoms with Gasteiger partial charge >= 0.3 is 0 Å². The summed E-state index contributed by atoms with van der Waals surface area (Å²) in [4.78, 5) is 13.5. The van der Waals surface area contributed by atoms with Crippen LogP contribution in [0.5, 0.6) is 23.1 Å². The van der Waals surface area contributed by atoms with Gasteiger partial charge in [-0.2, -0.15) is 0 Å². The van der Waals surface area contributed by atoms with Gasteiger partial charge in [-0.15, -0.1) is 0 Å². The SMILES string of the molecule is Cc1nc2c(Oc3cccc(N4C=CN(C)C4)c3)cc(Oc3cc(C(C)(C)C)ccn3)cn2c1C. The number of pyridine rings is 2. The third kappa shape index (κ3) is 4.67. The van der Waals surface area contributed by atoms with Gasteiger partial charge in [-0.3, -0.25) is 4.40 Å². The molecule has 7 heteroatoms. The number of hydrogen-bond donors (Lipinski definition) is 0. The van der Waals surface area contributed by atoms with Crippen LogP contribution in [0, 0.1) is 13.8 Å². The lowest BCUT2D eigenvalue weighted by Gasteiger charge is -2.19. The maximum atomic E-state index is 6.40. The van der Waals surface area contributed by atoms with E-state index in [9.17, 15) is 0 Å². The van der Waals surface area contributed by atoms with Crippen LogP contribution in [0.15, 0.2) is 67.3 Å². The minimum Gasteiger partial charge on any atom is -0.453 e. The third-order valence-corrected chi connectivity index (χ3v) is 6.21. The molecule has 180 valence electrons. The Hall–Kier alpha value is -4.00. The molecule has 0 saturated carbocycles. The van der Waals surface area contributed by atoms with Crippen molar-refractivity contribution in [1.29, 1.82) is 0 Å². The maximum absolute atomic E-state index is 6.40. The Labute approximate surface area is 206 Å². The van der Waals surface area contributed by atoms with Crippen LogP contribution in [-0.4, -0.2) is 33.0 Å². The molecular formula is C28H31N5O2. The van der Waals surface area contributed by atoms with Crippen molar-refractivity contribution in [3.63, 3.8) is 0 Å². The lowest BCUT2D eigenvalue weighted by atomic mass is 9.88. The molecule has 0 spiro atoms. The highest BCUT2D eigenvalue weighted by Gasteiger charge is 2.18. The first kappa shape index (κ1) is 22.8. The normalized spacial score (nSPS) is 13.7. The van der Waals surface area contributed by atoms with Gasteiger partial charge in [0, 0.05) is 55.2 Å². The second-order valence-electron chi connectivity index (χ2n) is 10.0. The lowest BCUT2D eigenvalue weighted by molar-refractivity contribution is 0.443. The molecule has 0 fully saturated rings. The molecule has 1 aliphatic rings. The molecule has 0 bridgehead atoms. The Morgan fingerprint density at radius 3 is 2.51 bits per heavy atom. The van der Waals surface area contributed by atoms with E-state index >= 15 is 0 Å². The molecule has 4 aromatic rings. The molecule has 0 amide bonds. The molecule has 7 nitrogen and oxygen atoms in total. The minimum absolute atomic E-state index is 0.00166. The second kappa shape index (κ2) is 8.65.